The van der Waals surface area contributed by atoms with Gasteiger partial charge in [0.1, 0.15) is 0 Å². The van der Waals surface area contributed by atoms with Crippen molar-refractivity contribution in [1.29, 1.82) is 0 Å². The highest BCUT2D eigenvalue weighted by molar-refractivity contribution is 5.91. The summed E-state index contributed by atoms with van der Waals surface area (Å²) in [5, 5.41) is 31.4. The minimum Gasteiger partial charge on any atom is -0.478 e. The quantitative estimate of drug-likeness (QED) is 0.210. The molecule has 0 aromatic heterocycles. The first-order valence-corrected chi connectivity index (χ1v) is 9.15. The molecule has 1 aromatic carbocycles. The highest BCUT2D eigenvalue weighted by Gasteiger charge is 2.26. The molecule has 0 saturated heterocycles. The number of nitro groups is 2. The van der Waals surface area contributed by atoms with Gasteiger partial charge < -0.3 is 9.84 Å². The smallest absolute Gasteiger partial charge is 0.336 e. The van der Waals surface area contributed by atoms with Crippen LogP contribution in [0.25, 0.3) is 0 Å². The largest absolute Gasteiger partial charge is 0.478 e. The Morgan fingerprint density at radius 2 is 1.68 bits per heavy atom. The Labute approximate surface area is 163 Å². The maximum absolute atomic E-state index is 11.4. The Morgan fingerprint density at radius 3 is 2.21 bits per heavy atom. The van der Waals surface area contributed by atoms with Gasteiger partial charge in [-0.3, -0.25) is 20.2 Å². The van der Waals surface area contributed by atoms with Crippen molar-refractivity contribution < 1.29 is 24.5 Å². The van der Waals surface area contributed by atoms with E-state index in [0.717, 1.165) is 49.8 Å². The van der Waals surface area contributed by atoms with Crippen LogP contribution in [0.15, 0.2) is 24.3 Å². The van der Waals surface area contributed by atoms with E-state index in [0.29, 0.717) is 19.6 Å². The summed E-state index contributed by atoms with van der Waals surface area (Å²) >= 11 is 0. The van der Waals surface area contributed by atoms with E-state index < -0.39 is 27.2 Å². The van der Waals surface area contributed by atoms with Crippen molar-refractivity contribution in [2.75, 3.05) is 13.2 Å². The van der Waals surface area contributed by atoms with Crippen LogP contribution in [0.1, 0.15) is 61.4 Å². The van der Waals surface area contributed by atoms with Crippen molar-refractivity contribution in [3.8, 4) is 0 Å². The fraction of sp³-hybridized carbons (Fsp3) is 0.526. The van der Waals surface area contributed by atoms with Crippen LogP contribution in [0, 0.1) is 20.2 Å². The zero-order chi connectivity index (χ0) is 21.1. The van der Waals surface area contributed by atoms with Crippen LogP contribution in [0.2, 0.25) is 0 Å². The van der Waals surface area contributed by atoms with Crippen LogP contribution < -0.4 is 0 Å². The van der Waals surface area contributed by atoms with Crippen molar-refractivity contribution in [3.05, 3.63) is 55.6 Å². The Hall–Kier alpha value is -2.81. The third-order valence-electron chi connectivity index (χ3n) is 4.16. The third-order valence-corrected chi connectivity index (χ3v) is 4.16. The third kappa shape index (κ3) is 7.83. The molecule has 0 heterocycles. The minimum atomic E-state index is -1.41. The zero-order valence-electron chi connectivity index (χ0n) is 16.0. The van der Waals surface area contributed by atoms with Gasteiger partial charge in [-0.15, -0.1) is 0 Å². The van der Waals surface area contributed by atoms with Crippen LogP contribution in [-0.4, -0.2) is 34.1 Å². The number of carbonyl (C=O) groups is 1. The molecule has 154 valence electrons. The van der Waals surface area contributed by atoms with Gasteiger partial charge in [0.25, 0.3) is 11.4 Å². The van der Waals surface area contributed by atoms with Gasteiger partial charge >= 0.3 is 5.97 Å². The summed E-state index contributed by atoms with van der Waals surface area (Å²) in [4.78, 5) is 32.0. The second-order valence-electron chi connectivity index (χ2n) is 6.69. The molecule has 0 bridgehead atoms. The van der Waals surface area contributed by atoms with Crippen LogP contribution >= 0.6 is 0 Å². The van der Waals surface area contributed by atoms with Gasteiger partial charge in [-0.2, -0.15) is 0 Å². The Balaban J connectivity index is 2.55. The molecule has 0 spiro atoms. The number of carboxylic acids is 1. The Bertz CT molecular complexity index is 696. The normalized spacial score (nSPS) is 10.6. The summed E-state index contributed by atoms with van der Waals surface area (Å²) in [5.74, 6) is -1.41. The molecule has 0 aliphatic rings. The lowest BCUT2D eigenvalue weighted by molar-refractivity contribution is -0.394. The first kappa shape index (κ1) is 23.2. The van der Waals surface area contributed by atoms with Crippen molar-refractivity contribution in [2.45, 2.75) is 51.9 Å². The first-order valence-electron chi connectivity index (χ1n) is 9.15. The number of non-ortho nitro benzene ring substituents is 1. The van der Waals surface area contributed by atoms with Crippen LogP contribution in [0.5, 0.6) is 0 Å². The van der Waals surface area contributed by atoms with Crippen molar-refractivity contribution in [1.82, 2.24) is 0 Å². The van der Waals surface area contributed by atoms with Gasteiger partial charge in [-0.1, -0.05) is 37.8 Å². The molecular weight excluding hydrogens is 368 g/mol. The van der Waals surface area contributed by atoms with E-state index in [4.69, 9.17) is 4.74 Å². The molecule has 0 saturated carbocycles. The number of rotatable bonds is 14. The lowest BCUT2D eigenvalue weighted by Gasteiger charge is -2.08. The lowest BCUT2D eigenvalue weighted by atomic mass is 9.98. The summed E-state index contributed by atoms with van der Waals surface area (Å²) in [6.45, 7) is 6.92. The molecule has 0 aliphatic carbocycles. The fourth-order valence-electron chi connectivity index (χ4n) is 2.82. The number of nitrogens with zero attached hydrogens (tertiary/aromatic N) is 2. The number of unbranched alkanes of at least 4 members (excludes halogenated alkanes) is 5. The van der Waals surface area contributed by atoms with E-state index in [9.17, 15) is 30.1 Å². The van der Waals surface area contributed by atoms with Gasteiger partial charge in [0, 0.05) is 18.2 Å². The highest BCUT2D eigenvalue weighted by Crippen LogP contribution is 2.30. The molecule has 0 unspecified atom stereocenters. The molecule has 0 amide bonds. The number of aromatic carboxylic acids is 1. The number of carboxylic acid groups (broad SMARTS) is 1. The maximum atomic E-state index is 11.4. The van der Waals surface area contributed by atoms with E-state index in [2.05, 4.69) is 6.58 Å². The van der Waals surface area contributed by atoms with Gasteiger partial charge in [0.05, 0.1) is 28.1 Å². The number of hydrogen-bond acceptors (Lipinski definition) is 6. The molecular formula is C19H26N2O7. The first-order chi connectivity index (χ1) is 13.2. The molecule has 1 N–H and O–H groups in total. The SMILES string of the molecule is C=C(C)COCCCCCCCCc1c(C(=O)O)cc([N+](=O)[O-])cc1[N+](=O)[O-]. The minimum absolute atomic E-state index is 0.0382. The molecule has 0 radical (unpaired) electrons. The highest BCUT2D eigenvalue weighted by atomic mass is 16.6. The van der Waals surface area contributed by atoms with E-state index in [1.165, 1.54) is 0 Å². The van der Waals surface area contributed by atoms with E-state index in [-0.39, 0.29) is 17.5 Å². The zero-order valence-corrected chi connectivity index (χ0v) is 16.0. The second kappa shape index (κ2) is 11.8. The predicted octanol–water partition coefficient (Wildman–Crippen LogP) is 4.68. The number of hydrogen-bond donors (Lipinski definition) is 1. The van der Waals surface area contributed by atoms with Crippen molar-refractivity contribution in [2.24, 2.45) is 0 Å². The second-order valence-corrected chi connectivity index (χ2v) is 6.69. The number of benzene rings is 1. The van der Waals surface area contributed by atoms with Crippen molar-refractivity contribution in [3.63, 3.8) is 0 Å². The standard InChI is InChI=1S/C19H26N2O7/c1-14(2)13-28-10-8-6-4-3-5-7-9-16-17(19(22)23)11-15(20(24)25)12-18(16)21(26)27/h11-12H,1,3-10,13H2,2H3,(H,22,23). The number of nitro benzene ring substituents is 2. The Morgan fingerprint density at radius 1 is 1.07 bits per heavy atom. The van der Waals surface area contributed by atoms with E-state index in [1.54, 1.807) is 0 Å². The average molecular weight is 394 g/mol. The van der Waals surface area contributed by atoms with Gasteiger partial charge in [-0.05, 0) is 26.2 Å². The Kier molecular flexibility index (Phi) is 9.80. The lowest BCUT2D eigenvalue weighted by Crippen LogP contribution is -2.08. The van der Waals surface area contributed by atoms with Crippen LogP contribution in [-0.2, 0) is 11.2 Å². The summed E-state index contributed by atoms with van der Waals surface area (Å²) in [6, 6.07) is 1.71. The van der Waals surface area contributed by atoms with Gasteiger partial charge in [-0.25, -0.2) is 4.79 Å². The van der Waals surface area contributed by atoms with Gasteiger partial charge in [0.15, 0.2) is 0 Å². The van der Waals surface area contributed by atoms with E-state index >= 15 is 0 Å². The molecule has 9 nitrogen and oxygen atoms in total. The molecule has 1 aromatic rings. The van der Waals surface area contributed by atoms with Crippen LogP contribution in [0.4, 0.5) is 11.4 Å². The van der Waals surface area contributed by atoms with Crippen molar-refractivity contribution >= 4 is 17.3 Å². The average Bonchev–Trinajstić information content (AvgIpc) is 2.62. The molecule has 0 atom stereocenters. The van der Waals surface area contributed by atoms with Gasteiger partial charge in [0.2, 0.25) is 0 Å². The van der Waals surface area contributed by atoms with Crippen LogP contribution in [0.3, 0.4) is 0 Å². The number of ether oxygens (including phenoxy) is 1. The molecule has 0 fully saturated rings. The summed E-state index contributed by atoms with van der Waals surface area (Å²) in [5.41, 5.74) is -0.462. The molecule has 0 aliphatic heterocycles. The maximum Gasteiger partial charge on any atom is 0.336 e. The molecule has 28 heavy (non-hydrogen) atoms. The van der Waals surface area contributed by atoms with E-state index in [1.807, 2.05) is 6.92 Å². The molecule has 9 heteroatoms. The predicted molar refractivity (Wildman–Crippen MR) is 104 cm³/mol. The topological polar surface area (TPSA) is 133 Å². The summed E-state index contributed by atoms with van der Waals surface area (Å²) in [7, 11) is 0. The fourth-order valence-corrected chi connectivity index (χ4v) is 2.82. The summed E-state index contributed by atoms with van der Waals surface area (Å²) in [6.07, 6.45) is 5.43. The monoisotopic (exact) mass is 394 g/mol. The molecule has 1 rings (SSSR count). The summed E-state index contributed by atoms with van der Waals surface area (Å²) < 4.78 is 5.41.